The predicted octanol–water partition coefficient (Wildman–Crippen LogP) is 2.96. The maximum Gasteiger partial charge on any atom is 0.289 e. The van der Waals surface area contributed by atoms with Crippen molar-refractivity contribution in [1.29, 1.82) is 0 Å². The summed E-state index contributed by atoms with van der Waals surface area (Å²) in [6.07, 6.45) is 3.28. The van der Waals surface area contributed by atoms with Gasteiger partial charge in [-0.3, -0.25) is 9.48 Å². The number of nitrogens with one attached hydrogen (secondary N) is 1. The maximum atomic E-state index is 12.6. The van der Waals surface area contributed by atoms with E-state index in [9.17, 15) is 4.79 Å². The van der Waals surface area contributed by atoms with Crippen LogP contribution in [-0.4, -0.2) is 63.8 Å². The van der Waals surface area contributed by atoms with Crippen LogP contribution in [0.5, 0.6) is 5.75 Å². The summed E-state index contributed by atoms with van der Waals surface area (Å²) >= 11 is 0. The normalized spacial score (nSPS) is 13.6. The SMILES string of the molecule is COc1ccccc1CNc1nc(N2CCN(C(=O)c3ccco3)CC2)nc2c1cnn2C.Cl. The second-order valence-corrected chi connectivity index (χ2v) is 7.80. The summed E-state index contributed by atoms with van der Waals surface area (Å²) in [5, 5.41) is 8.64. The number of benzene rings is 1. The Morgan fingerprint density at radius 1 is 1.12 bits per heavy atom. The van der Waals surface area contributed by atoms with Crippen LogP contribution in [0.15, 0.2) is 53.3 Å². The van der Waals surface area contributed by atoms with Crippen LogP contribution in [-0.2, 0) is 13.6 Å². The van der Waals surface area contributed by atoms with E-state index in [1.807, 2.05) is 31.3 Å². The lowest BCUT2D eigenvalue weighted by Crippen LogP contribution is -2.49. The number of carbonyl (C=O) groups is 1. The molecule has 1 aliphatic rings. The second-order valence-electron chi connectivity index (χ2n) is 7.80. The Kier molecular flexibility index (Phi) is 6.87. The van der Waals surface area contributed by atoms with Gasteiger partial charge in [-0.2, -0.15) is 15.1 Å². The summed E-state index contributed by atoms with van der Waals surface area (Å²) in [7, 11) is 3.53. The number of carbonyl (C=O) groups excluding carboxylic acids is 1. The topological polar surface area (TPSA) is 102 Å². The van der Waals surface area contributed by atoms with Gasteiger partial charge in [-0.1, -0.05) is 18.2 Å². The van der Waals surface area contributed by atoms with Crippen molar-refractivity contribution in [2.24, 2.45) is 7.05 Å². The Balaban J connectivity index is 0.00000274. The van der Waals surface area contributed by atoms with Gasteiger partial charge >= 0.3 is 0 Å². The van der Waals surface area contributed by atoms with Crippen molar-refractivity contribution >= 4 is 41.1 Å². The molecule has 3 aromatic heterocycles. The van der Waals surface area contributed by atoms with Crippen LogP contribution in [0.25, 0.3) is 11.0 Å². The molecule has 0 atom stereocenters. The summed E-state index contributed by atoms with van der Waals surface area (Å²) < 4.78 is 12.5. The molecule has 10 nitrogen and oxygen atoms in total. The first-order valence-corrected chi connectivity index (χ1v) is 10.8. The quantitative estimate of drug-likeness (QED) is 0.446. The molecule has 1 fully saturated rings. The van der Waals surface area contributed by atoms with Crippen molar-refractivity contribution in [3.05, 3.63) is 60.2 Å². The molecular weight excluding hydrogens is 458 g/mol. The molecule has 4 aromatic rings. The van der Waals surface area contributed by atoms with Crippen molar-refractivity contribution in [3.8, 4) is 5.75 Å². The summed E-state index contributed by atoms with van der Waals surface area (Å²) in [5.74, 6) is 2.40. The van der Waals surface area contributed by atoms with Gasteiger partial charge in [0.1, 0.15) is 11.6 Å². The molecule has 1 aromatic carbocycles. The Morgan fingerprint density at radius 2 is 1.91 bits per heavy atom. The van der Waals surface area contributed by atoms with Crippen molar-refractivity contribution in [2.45, 2.75) is 6.54 Å². The van der Waals surface area contributed by atoms with Crippen molar-refractivity contribution in [3.63, 3.8) is 0 Å². The van der Waals surface area contributed by atoms with Crippen molar-refractivity contribution in [2.75, 3.05) is 43.5 Å². The first kappa shape index (κ1) is 23.4. The number of fused-ring (bicyclic) bond motifs is 1. The third-order valence-corrected chi connectivity index (χ3v) is 5.80. The number of rotatable bonds is 6. The number of methoxy groups -OCH3 is 1. The van der Waals surface area contributed by atoms with Gasteiger partial charge < -0.3 is 24.3 Å². The van der Waals surface area contributed by atoms with E-state index in [0.29, 0.717) is 50.3 Å². The third kappa shape index (κ3) is 4.49. The zero-order valence-corrected chi connectivity index (χ0v) is 19.8. The highest BCUT2D eigenvalue weighted by molar-refractivity contribution is 5.91. The van der Waals surface area contributed by atoms with Crippen molar-refractivity contribution in [1.82, 2.24) is 24.6 Å². The first-order chi connectivity index (χ1) is 16.1. The summed E-state index contributed by atoms with van der Waals surface area (Å²) in [6, 6.07) is 11.3. The molecule has 5 rings (SSSR count). The van der Waals surface area contributed by atoms with Crippen LogP contribution >= 0.6 is 12.4 Å². The van der Waals surface area contributed by atoms with Crippen LogP contribution in [0.4, 0.5) is 11.8 Å². The number of hydrogen-bond donors (Lipinski definition) is 1. The number of piperazine rings is 1. The van der Waals surface area contributed by atoms with Crippen molar-refractivity contribution < 1.29 is 13.9 Å². The smallest absolute Gasteiger partial charge is 0.289 e. The number of ether oxygens (including phenoxy) is 1. The molecule has 34 heavy (non-hydrogen) atoms. The summed E-state index contributed by atoms with van der Waals surface area (Å²) in [4.78, 5) is 26.0. The van der Waals surface area contributed by atoms with E-state index in [1.165, 1.54) is 6.26 Å². The Hall–Kier alpha value is -3.79. The number of para-hydroxylation sites is 1. The number of aromatic nitrogens is 4. The number of nitrogens with zero attached hydrogens (tertiary/aromatic N) is 6. The van der Waals surface area contributed by atoms with E-state index in [2.05, 4.69) is 15.3 Å². The molecule has 1 aliphatic heterocycles. The van der Waals surface area contributed by atoms with E-state index in [1.54, 1.807) is 35.0 Å². The minimum absolute atomic E-state index is 0. The molecule has 0 saturated carbocycles. The van der Waals surface area contributed by atoms with Gasteiger partial charge in [0.2, 0.25) is 5.95 Å². The van der Waals surface area contributed by atoms with E-state index < -0.39 is 0 Å². The molecule has 1 N–H and O–H groups in total. The van der Waals surface area contributed by atoms with Crippen LogP contribution in [0.3, 0.4) is 0 Å². The lowest BCUT2D eigenvalue weighted by molar-refractivity contribution is 0.0714. The zero-order chi connectivity index (χ0) is 22.8. The molecule has 0 bridgehead atoms. The lowest BCUT2D eigenvalue weighted by atomic mass is 10.2. The second kappa shape index (κ2) is 10.0. The maximum absolute atomic E-state index is 12.6. The molecule has 0 aliphatic carbocycles. The van der Waals surface area contributed by atoms with E-state index >= 15 is 0 Å². The average molecular weight is 484 g/mol. The minimum Gasteiger partial charge on any atom is -0.496 e. The van der Waals surface area contributed by atoms with Gasteiger partial charge in [0.15, 0.2) is 11.4 Å². The molecular formula is C23H26ClN7O3. The van der Waals surface area contributed by atoms with Crippen LogP contribution in [0, 0.1) is 0 Å². The third-order valence-electron chi connectivity index (χ3n) is 5.80. The van der Waals surface area contributed by atoms with Gasteiger partial charge in [-0.05, 0) is 18.2 Å². The Bertz CT molecular complexity index is 1270. The largest absolute Gasteiger partial charge is 0.496 e. The summed E-state index contributed by atoms with van der Waals surface area (Å²) in [5.41, 5.74) is 1.78. The predicted molar refractivity (Wildman–Crippen MR) is 131 cm³/mol. The zero-order valence-electron chi connectivity index (χ0n) is 19.0. The molecule has 4 heterocycles. The van der Waals surface area contributed by atoms with Crippen LogP contribution < -0.4 is 15.0 Å². The van der Waals surface area contributed by atoms with E-state index in [4.69, 9.17) is 19.1 Å². The molecule has 0 radical (unpaired) electrons. The molecule has 1 amide bonds. The van der Waals surface area contributed by atoms with Gasteiger partial charge in [0.25, 0.3) is 5.91 Å². The lowest BCUT2D eigenvalue weighted by Gasteiger charge is -2.34. The van der Waals surface area contributed by atoms with E-state index in [0.717, 1.165) is 22.3 Å². The highest BCUT2D eigenvalue weighted by Gasteiger charge is 2.26. The number of amides is 1. The molecule has 0 spiro atoms. The monoisotopic (exact) mass is 483 g/mol. The number of furan rings is 1. The first-order valence-electron chi connectivity index (χ1n) is 10.8. The number of halogens is 1. The van der Waals surface area contributed by atoms with Crippen LogP contribution in [0.2, 0.25) is 0 Å². The highest BCUT2D eigenvalue weighted by atomic mass is 35.5. The molecule has 178 valence electrons. The molecule has 1 saturated heterocycles. The van der Waals surface area contributed by atoms with Gasteiger partial charge in [0.05, 0.1) is 25.0 Å². The molecule has 11 heteroatoms. The van der Waals surface area contributed by atoms with Gasteiger partial charge in [-0.15, -0.1) is 12.4 Å². The fourth-order valence-corrected chi connectivity index (χ4v) is 3.98. The van der Waals surface area contributed by atoms with Gasteiger partial charge in [-0.25, -0.2) is 0 Å². The molecule has 0 unspecified atom stereocenters. The number of anilines is 2. The fraction of sp³-hybridized carbons (Fsp3) is 0.304. The van der Waals surface area contributed by atoms with Crippen LogP contribution in [0.1, 0.15) is 16.1 Å². The Morgan fingerprint density at radius 3 is 2.65 bits per heavy atom. The Labute approximate surface area is 202 Å². The minimum atomic E-state index is -0.0955. The summed E-state index contributed by atoms with van der Waals surface area (Å²) in [6.45, 7) is 2.94. The fourth-order valence-electron chi connectivity index (χ4n) is 3.98. The standard InChI is InChI=1S/C23H25N7O3.ClH/c1-28-21-17(15-25-28)20(24-14-16-6-3-4-7-18(16)32-2)26-23(27-21)30-11-9-29(10-12-30)22(31)19-8-5-13-33-19;/h3-8,13,15H,9-12,14H2,1-2H3,(H,24,26,27);1H. The number of hydrogen-bond acceptors (Lipinski definition) is 8. The van der Waals surface area contributed by atoms with Gasteiger partial charge in [0, 0.05) is 45.3 Å². The average Bonchev–Trinajstić information content (AvgIpc) is 3.53. The number of aryl methyl sites for hydroxylation is 1. The highest BCUT2D eigenvalue weighted by Crippen LogP contribution is 2.26. The van der Waals surface area contributed by atoms with E-state index in [-0.39, 0.29) is 18.3 Å².